The molecule has 0 bridgehead atoms. The first kappa shape index (κ1) is 18.7. The minimum Gasteiger partial charge on any atom is -0.491 e. The minimum atomic E-state index is -0.655. The fourth-order valence-electron chi connectivity index (χ4n) is 2.79. The van der Waals surface area contributed by atoms with Crippen LogP contribution in [0.4, 0.5) is 17.1 Å². The number of non-ortho nitro benzene ring substituents is 1. The average Bonchev–Trinajstić information content (AvgIpc) is 3.20. The van der Waals surface area contributed by atoms with Crippen molar-refractivity contribution < 1.29 is 23.9 Å². The fourth-order valence-corrected chi connectivity index (χ4v) is 2.79. The Morgan fingerprint density at radius 1 is 1.30 bits per heavy atom. The van der Waals surface area contributed by atoms with E-state index in [4.69, 9.17) is 14.2 Å². The molecule has 0 amide bonds. The second-order valence-corrected chi connectivity index (χ2v) is 6.07. The maximum Gasteiger partial charge on any atom is 0.340 e. The van der Waals surface area contributed by atoms with Gasteiger partial charge < -0.3 is 19.5 Å². The molecule has 0 unspecified atom stereocenters. The molecule has 0 saturated carbocycles. The third kappa shape index (κ3) is 4.73. The molecule has 0 aromatic heterocycles. The summed E-state index contributed by atoms with van der Waals surface area (Å²) in [4.78, 5) is 22.3. The van der Waals surface area contributed by atoms with Gasteiger partial charge in [-0.15, -0.1) is 0 Å². The second kappa shape index (κ2) is 8.50. The van der Waals surface area contributed by atoms with Crippen molar-refractivity contribution in [2.75, 3.05) is 25.6 Å². The van der Waals surface area contributed by atoms with E-state index in [1.54, 1.807) is 24.3 Å². The Hall–Kier alpha value is -3.13. The predicted molar refractivity (Wildman–Crippen MR) is 98.6 cm³/mol. The minimum absolute atomic E-state index is 0.0883. The zero-order valence-electron chi connectivity index (χ0n) is 14.8. The molecule has 8 heteroatoms. The lowest BCUT2D eigenvalue weighted by Gasteiger charge is -2.13. The summed E-state index contributed by atoms with van der Waals surface area (Å²) in [6.07, 6.45) is 2.22. The second-order valence-electron chi connectivity index (χ2n) is 6.07. The number of nitrogens with one attached hydrogen (secondary N) is 1. The highest BCUT2D eigenvalue weighted by molar-refractivity contribution is 5.97. The van der Waals surface area contributed by atoms with Crippen LogP contribution in [0, 0.1) is 10.1 Å². The zero-order valence-corrected chi connectivity index (χ0v) is 14.8. The number of nitro groups is 1. The Morgan fingerprint density at radius 2 is 2.07 bits per heavy atom. The normalized spacial score (nSPS) is 16.0. The van der Waals surface area contributed by atoms with E-state index < -0.39 is 10.9 Å². The van der Waals surface area contributed by atoms with Crippen molar-refractivity contribution in [3.05, 3.63) is 58.1 Å². The molecule has 1 atom stereocenters. The lowest BCUT2D eigenvalue weighted by molar-refractivity contribution is -0.384. The molecule has 0 aliphatic carbocycles. The molecule has 142 valence electrons. The number of esters is 1. The summed E-state index contributed by atoms with van der Waals surface area (Å²) in [6.45, 7) is 1.30. The van der Waals surface area contributed by atoms with Crippen LogP contribution in [-0.4, -0.2) is 37.3 Å². The summed E-state index contributed by atoms with van der Waals surface area (Å²) in [6, 6.07) is 11.2. The van der Waals surface area contributed by atoms with Gasteiger partial charge in [0.05, 0.1) is 29.4 Å². The standard InChI is InChI=1S/C19H20N2O6/c1-25-19(22)17-11-14(21(23)24)6-9-18(17)20-13-4-7-15(8-5-13)27-12-16-3-2-10-26-16/h4-9,11,16,20H,2-3,10,12H2,1H3/t16-/m1/s1. The van der Waals surface area contributed by atoms with Crippen LogP contribution in [0.3, 0.4) is 0 Å². The Morgan fingerprint density at radius 3 is 2.70 bits per heavy atom. The smallest absolute Gasteiger partial charge is 0.340 e. The number of benzene rings is 2. The van der Waals surface area contributed by atoms with Crippen molar-refractivity contribution >= 4 is 23.0 Å². The van der Waals surface area contributed by atoms with Crippen molar-refractivity contribution in [1.82, 2.24) is 0 Å². The van der Waals surface area contributed by atoms with E-state index in [9.17, 15) is 14.9 Å². The van der Waals surface area contributed by atoms with Gasteiger partial charge in [-0.3, -0.25) is 10.1 Å². The quantitative estimate of drug-likeness (QED) is 0.449. The number of anilines is 2. The van der Waals surface area contributed by atoms with Crippen molar-refractivity contribution in [2.24, 2.45) is 0 Å². The van der Waals surface area contributed by atoms with Crippen LogP contribution in [0.1, 0.15) is 23.2 Å². The largest absolute Gasteiger partial charge is 0.491 e. The lowest BCUT2D eigenvalue weighted by Crippen LogP contribution is -2.16. The van der Waals surface area contributed by atoms with Gasteiger partial charge in [0.1, 0.15) is 12.4 Å². The van der Waals surface area contributed by atoms with Crippen LogP contribution in [0.2, 0.25) is 0 Å². The molecule has 1 fully saturated rings. The monoisotopic (exact) mass is 372 g/mol. The number of methoxy groups -OCH3 is 1. The highest BCUT2D eigenvalue weighted by atomic mass is 16.6. The molecule has 1 heterocycles. The molecule has 27 heavy (non-hydrogen) atoms. The highest BCUT2D eigenvalue weighted by Crippen LogP contribution is 2.27. The molecule has 8 nitrogen and oxygen atoms in total. The summed E-state index contributed by atoms with van der Waals surface area (Å²) in [7, 11) is 1.23. The maximum absolute atomic E-state index is 11.9. The first-order valence-corrected chi connectivity index (χ1v) is 8.55. The first-order valence-electron chi connectivity index (χ1n) is 8.55. The van der Waals surface area contributed by atoms with E-state index in [0.29, 0.717) is 23.7 Å². The zero-order chi connectivity index (χ0) is 19.2. The molecular weight excluding hydrogens is 352 g/mol. The first-order chi connectivity index (χ1) is 13.1. The topological polar surface area (TPSA) is 99.9 Å². The molecule has 1 aliphatic heterocycles. The molecule has 1 N–H and O–H groups in total. The number of carbonyl (C=O) groups is 1. The number of nitrogens with zero attached hydrogens (tertiary/aromatic N) is 1. The highest BCUT2D eigenvalue weighted by Gasteiger charge is 2.18. The summed E-state index contributed by atoms with van der Waals surface area (Å²) < 4.78 is 16.0. The Labute approximate surface area is 156 Å². The number of rotatable bonds is 7. The van der Waals surface area contributed by atoms with Crippen LogP contribution in [0.5, 0.6) is 5.75 Å². The molecule has 1 aliphatic rings. The molecule has 0 spiro atoms. The van der Waals surface area contributed by atoms with Crippen LogP contribution in [-0.2, 0) is 9.47 Å². The number of hydrogen-bond donors (Lipinski definition) is 1. The average molecular weight is 372 g/mol. The predicted octanol–water partition coefficient (Wildman–Crippen LogP) is 3.68. The fraction of sp³-hybridized carbons (Fsp3) is 0.316. The Balaban J connectivity index is 1.70. The van der Waals surface area contributed by atoms with Gasteiger partial charge in [0, 0.05) is 24.4 Å². The molecular formula is C19H20N2O6. The van der Waals surface area contributed by atoms with Crippen molar-refractivity contribution in [1.29, 1.82) is 0 Å². The number of ether oxygens (including phenoxy) is 3. The van der Waals surface area contributed by atoms with Gasteiger partial charge in [0.25, 0.3) is 5.69 Å². The van der Waals surface area contributed by atoms with E-state index in [1.165, 1.54) is 25.3 Å². The van der Waals surface area contributed by atoms with E-state index in [1.807, 2.05) is 0 Å². The van der Waals surface area contributed by atoms with Gasteiger partial charge in [0.15, 0.2) is 0 Å². The molecule has 0 radical (unpaired) electrons. The number of nitro benzene ring substituents is 1. The SMILES string of the molecule is COC(=O)c1cc([N+](=O)[O-])ccc1Nc1ccc(OC[C@H]2CCCO2)cc1. The summed E-state index contributed by atoms with van der Waals surface area (Å²) >= 11 is 0. The van der Waals surface area contributed by atoms with Gasteiger partial charge in [-0.25, -0.2) is 4.79 Å². The summed E-state index contributed by atoms with van der Waals surface area (Å²) in [5.74, 6) is 0.0608. The van der Waals surface area contributed by atoms with Crippen molar-refractivity contribution in [3.63, 3.8) is 0 Å². The maximum atomic E-state index is 11.9. The van der Waals surface area contributed by atoms with Crippen molar-refractivity contribution in [2.45, 2.75) is 18.9 Å². The lowest BCUT2D eigenvalue weighted by atomic mass is 10.1. The molecule has 2 aromatic carbocycles. The van der Waals surface area contributed by atoms with E-state index >= 15 is 0 Å². The van der Waals surface area contributed by atoms with Gasteiger partial charge >= 0.3 is 5.97 Å². The van der Waals surface area contributed by atoms with E-state index in [-0.39, 0.29) is 17.4 Å². The third-order valence-corrected chi connectivity index (χ3v) is 4.21. The summed E-state index contributed by atoms with van der Waals surface area (Å²) in [5.41, 5.74) is 1.03. The molecule has 3 rings (SSSR count). The number of carbonyl (C=O) groups excluding carboxylic acids is 1. The van der Waals surface area contributed by atoms with Gasteiger partial charge in [-0.1, -0.05) is 0 Å². The van der Waals surface area contributed by atoms with Gasteiger partial charge in [0.2, 0.25) is 0 Å². The Bertz CT molecular complexity index is 815. The van der Waals surface area contributed by atoms with E-state index in [2.05, 4.69) is 5.32 Å². The third-order valence-electron chi connectivity index (χ3n) is 4.21. The van der Waals surface area contributed by atoms with Crippen LogP contribution in [0.25, 0.3) is 0 Å². The molecule has 2 aromatic rings. The van der Waals surface area contributed by atoms with Crippen LogP contribution < -0.4 is 10.1 Å². The Kier molecular flexibility index (Phi) is 5.87. The van der Waals surface area contributed by atoms with Crippen LogP contribution in [0.15, 0.2) is 42.5 Å². The van der Waals surface area contributed by atoms with Crippen molar-refractivity contribution in [3.8, 4) is 5.75 Å². The number of hydrogen-bond acceptors (Lipinski definition) is 7. The molecule has 1 saturated heterocycles. The van der Waals surface area contributed by atoms with Gasteiger partial charge in [-0.05, 0) is 43.2 Å². The van der Waals surface area contributed by atoms with E-state index in [0.717, 1.165) is 19.4 Å². The van der Waals surface area contributed by atoms with Gasteiger partial charge in [-0.2, -0.15) is 0 Å². The van der Waals surface area contributed by atoms with Crippen LogP contribution >= 0.6 is 0 Å². The summed E-state index contributed by atoms with van der Waals surface area (Å²) in [5, 5.41) is 14.0.